The van der Waals surface area contributed by atoms with E-state index < -0.39 is 0 Å². The molecule has 2 aliphatic rings. The summed E-state index contributed by atoms with van der Waals surface area (Å²) in [6, 6.07) is 6.23. The Morgan fingerprint density at radius 3 is 2.84 bits per heavy atom. The number of aliphatic hydroxyl groups is 1. The molecule has 200 valence electrons. The van der Waals surface area contributed by atoms with Crippen molar-refractivity contribution < 1.29 is 14.6 Å². The summed E-state index contributed by atoms with van der Waals surface area (Å²) in [4.78, 5) is 24.4. The van der Waals surface area contributed by atoms with E-state index in [2.05, 4.69) is 69.0 Å². The van der Waals surface area contributed by atoms with Crippen LogP contribution in [0.1, 0.15) is 44.6 Å². The quantitative estimate of drug-likeness (QED) is 0.230. The highest BCUT2D eigenvalue weighted by Crippen LogP contribution is 2.18. The number of nitrogens with zero attached hydrogens (tertiary/aromatic N) is 3. The zero-order chi connectivity index (χ0) is 26.7. The largest absolute Gasteiger partial charge is 0.501 e. The fourth-order valence-electron chi connectivity index (χ4n) is 3.94. The van der Waals surface area contributed by atoms with Crippen molar-refractivity contribution in [1.82, 2.24) is 14.9 Å². The number of ether oxygens (including phenoxy) is 1. The Morgan fingerprint density at radius 2 is 2.08 bits per heavy atom. The maximum Gasteiger partial charge on any atom is 0.213 e. The van der Waals surface area contributed by atoms with Crippen molar-refractivity contribution in [2.45, 2.75) is 45.6 Å². The number of hydrogen-bond acceptors (Lipinski definition) is 7. The Morgan fingerprint density at radius 1 is 1.27 bits per heavy atom. The van der Waals surface area contributed by atoms with Crippen LogP contribution in [0.4, 0.5) is 5.95 Å². The number of fused-ring (bicyclic) bond motifs is 1. The maximum absolute atomic E-state index is 10.4. The molecule has 1 aromatic carbocycles. The summed E-state index contributed by atoms with van der Waals surface area (Å²) in [6.07, 6.45) is 17.9. The summed E-state index contributed by atoms with van der Waals surface area (Å²) in [5.74, 6) is 0.500. The molecule has 1 amide bonds. The second kappa shape index (κ2) is 18.2. The van der Waals surface area contributed by atoms with Gasteiger partial charge < -0.3 is 14.8 Å². The molecule has 0 atom stereocenters. The summed E-state index contributed by atoms with van der Waals surface area (Å²) < 4.78 is 5.31. The van der Waals surface area contributed by atoms with Crippen molar-refractivity contribution in [2.24, 2.45) is 4.99 Å². The second-order valence-electron chi connectivity index (χ2n) is 8.54. The molecule has 0 unspecified atom stereocenters. The van der Waals surface area contributed by atoms with Gasteiger partial charge >= 0.3 is 0 Å². The molecule has 2 aliphatic heterocycles. The molecule has 0 saturated carbocycles. The molecule has 1 aromatic heterocycles. The van der Waals surface area contributed by atoms with E-state index in [0.717, 1.165) is 49.7 Å². The summed E-state index contributed by atoms with van der Waals surface area (Å²) in [6.45, 7) is 6.22. The number of nitrogens with one attached hydrogen (secondary N) is 2. The van der Waals surface area contributed by atoms with Crippen LogP contribution < -0.4 is 5.32 Å². The number of aromatic nitrogens is 2. The molecular weight excluding hydrogens is 486 g/mol. The lowest BCUT2D eigenvalue weighted by atomic mass is 10.1. The number of likely N-dealkylation sites (tertiary alicyclic amines) is 1. The van der Waals surface area contributed by atoms with Gasteiger partial charge in [-0.2, -0.15) is 0 Å². The lowest BCUT2D eigenvalue weighted by Gasteiger charge is -2.26. The number of imidazole rings is 1. The van der Waals surface area contributed by atoms with E-state index in [1.807, 2.05) is 18.4 Å². The Labute approximate surface area is 225 Å². The number of carbonyl (C=O) groups is 1. The highest BCUT2D eigenvalue weighted by molar-refractivity contribution is 7.83. The molecule has 0 bridgehead atoms. The molecule has 0 aliphatic carbocycles. The summed E-state index contributed by atoms with van der Waals surface area (Å²) in [7, 11) is 1.00. The third-order valence-electron chi connectivity index (χ3n) is 5.68. The monoisotopic (exact) mass is 525 g/mol. The van der Waals surface area contributed by atoms with Gasteiger partial charge in [-0.25, -0.2) is 4.98 Å². The van der Waals surface area contributed by atoms with Crippen LogP contribution in [0.2, 0.25) is 0 Å². The number of aliphatic hydroxyl groups excluding tert-OH is 1. The number of anilines is 1. The van der Waals surface area contributed by atoms with Gasteiger partial charge in [0.25, 0.3) is 0 Å². The first-order chi connectivity index (χ1) is 18.2. The minimum Gasteiger partial charge on any atom is -0.501 e. The van der Waals surface area contributed by atoms with Crippen molar-refractivity contribution in [2.75, 3.05) is 32.1 Å². The van der Waals surface area contributed by atoms with Crippen LogP contribution in [0.3, 0.4) is 0 Å². The van der Waals surface area contributed by atoms with Gasteiger partial charge in [0.15, 0.2) is 0 Å². The normalized spacial score (nSPS) is 18.9. The van der Waals surface area contributed by atoms with E-state index in [4.69, 9.17) is 9.84 Å². The van der Waals surface area contributed by atoms with Gasteiger partial charge in [-0.05, 0) is 74.0 Å². The molecule has 37 heavy (non-hydrogen) atoms. The van der Waals surface area contributed by atoms with Crippen LogP contribution in [0.5, 0.6) is 0 Å². The van der Waals surface area contributed by atoms with E-state index in [1.165, 1.54) is 43.5 Å². The number of rotatable bonds is 6. The minimum atomic E-state index is 0.500. The van der Waals surface area contributed by atoms with Crippen LogP contribution >= 0.6 is 12.6 Å². The molecule has 8 nitrogen and oxygen atoms in total. The van der Waals surface area contributed by atoms with Gasteiger partial charge in [-0.15, -0.1) is 12.6 Å². The number of thiol groups is 1. The van der Waals surface area contributed by atoms with Crippen LogP contribution in [-0.4, -0.2) is 59.4 Å². The van der Waals surface area contributed by atoms with Gasteiger partial charge in [0.05, 0.1) is 23.9 Å². The van der Waals surface area contributed by atoms with Gasteiger partial charge in [-0.1, -0.05) is 30.2 Å². The minimum absolute atomic E-state index is 0.500. The predicted molar refractivity (Wildman–Crippen MR) is 156 cm³/mol. The van der Waals surface area contributed by atoms with Crippen molar-refractivity contribution in [3.63, 3.8) is 0 Å². The number of hydrogen-bond donors (Lipinski definition) is 4. The number of H-pyrrole nitrogens is 1. The molecule has 3 heterocycles. The van der Waals surface area contributed by atoms with Gasteiger partial charge in [0, 0.05) is 32.5 Å². The molecule has 0 spiro atoms. The maximum atomic E-state index is 10.4. The molecule has 4 rings (SSSR count). The van der Waals surface area contributed by atoms with Gasteiger partial charge in [0.2, 0.25) is 12.4 Å². The number of piperidine rings is 1. The molecule has 9 heteroatoms. The summed E-state index contributed by atoms with van der Waals surface area (Å²) in [5.41, 5.74) is 5.56. The summed E-state index contributed by atoms with van der Waals surface area (Å²) >= 11 is 3.95. The number of amides is 1. The Hall–Kier alpha value is -3.14. The van der Waals surface area contributed by atoms with Crippen molar-refractivity contribution >= 4 is 42.2 Å². The van der Waals surface area contributed by atoms with Crippen molar-refractivity contribution in [3.05, 3.63) is 71.0 Å². The lowest BCUT2D eigenvalue weighted by Crippen LogP contribution is -2.29. The molecule has 1 fully saturated rings. The predicted octanol–water partition coefficient (Wildman–Crippen LogP) is 5.38. The Bertz CT molecular complexity index is 1100. The first-order valence-corrected chi connectivity index (χ1v) is 13.0. The smallest absolute Gasteiger partial charge is 0.213 e. The first-order valence-electron chi connectivity index (χ1n) is 12.5. The van der Waals surface area contributed by atoms with Gasteiger partial charge in [0.1, 0.15) is 0 Å². The van der Waals surface area contributed by atoms with E-state index >= 15 is 0 Å². The average Bonchev–Trinajstić information content (AvgIpc) is 3.32. The number of aromatic amines is 1. The fourth-order valence-corrected chi connectivity index (χ4v) is 4.02. The zero-order valence-corrected chi connectivity index (χ0v) is 22.7. The molecular formula is C28H39N5O3S. The number of carbonyl (C=O) groups excluding carboxylic acids is 1. The van der Waals surface area contributed by atoms with Gasteiger partial charge in [-0.3, -0.25) is 20.0 Å². The van der Waals surface area contributed by atoms with Crippen LogP contribution in [-0.2, 0) is 16.1 Å². The highest BCUT2D eigenvalue weighted by Gasteiger charge is 2.11. The third-order valence-corrected chi connectivity index (χ3v) is 5.82. The van der Waals surface area contributed by atoms with E-state index in [-0.39, 0.29) is 0 Å². The van der Waals surface area contributed by atoms with E-state index in [1.54, 1.807) is 17.9 Å². The van der Waals surface area contributed by atoms with E-state index in [9.17, 15) is 4.79 Å². The SMILES string of the molecule is C/C1=C\C(C=N/C=C\S)=CC/C=C/OCC1.CO.O=CNc1nc2ccc(CN3CCCCC3)cc2[nH]1. The highest BCUT2D eigenvalue weighted by atomic mass is 32.1. The lowest BCUT2D eigenvalue weighted by molar-refractivity contribution is -0.105. The third kappa shape index (κ3) is 11.6. The standard InChI is InChI=1S/C14H18N4O.C13H17NOS.CH4O/c19-10-15-14-16-12-5-4-11(8-13(12)17-14)9-18-6-2-1-3-7-18;1-12-5-8-15-7-3-2-4-13(10-12)11-14-6-9-16;1-2/h4-5,8,10H,1-3,6-7,9H2,(H2,15,16,17,19);3-4,6-7,9-11,16H,2,5,8H2,1H3;2H,1H3/b;7-3+,9-6-,12-10+,13-4?,14-11?;. The molecule has 1 saturated heterocycles. The topological polar surface area (TPSA) is 103 Å². The molecule has 3 N–H and O–H groups in total. The number of aliphatic imine (C=N–C) groups is 1. The second-order valence-corrected chi connectivity index (χ2v) is 8.83. The Kier molecular flexibility index (Phi) is 14.8. The van der Waals surface area contributed by atoms with Crippen molar-refractivity contribution in [1.29, 1.82) is 0 Å². The van der Waals surface area contributed by atoms with Crippen LogP contribution in [0.15, 0.2) is 70.4 Å². The van der Waals surface area contributed by atoms with Crippen LogP contribution in [0, 0.1) is 0 Å². The van der Waals surface area contributed by atoms with E-state index in [0.29, 0.717) is 12.4 Å². The summed E-state index contributed by atoms with van der Waals surface area (Å²) in [5, 5.41) is 11.2. The number of allylic oxidation sites excluding steroid dienone is 4. The number of benzene rings is 1. The Balaban J connectivity index is 0.000000248. The van der Waals surface area contributed by atoms with Crippen molar-refractivity contribution in [3.8, 4) is 0 Å². The zero-order valence-electron chi connectivity index (χ0n) is 21.8. The average molecular weight is 526 g/mol. The van der Waals surface area contributed by atoms with Crippen LogP contribution in [0.25, 0.3) is 11.0 Å². The molecule has 2 aromatic rings. The first kappa shape index (κ1) is 30.1. The fraction of sp³-hybridized carbons (Fsp3) is 0.393. The molecule has 0 radical (unpaired) electrons.